The van der Waals surface area contributed by atoms with E-state index >= 15 is 0 Å². The molecule has 1 aromatic rings. The topological polar surface area (TPSA) is 64.5 Å². The summed E-state index contributed by atoms with van der Waals surface area (Å²) in [6.45, 7) is -0.213. The average Bonchev–Trinajstić information content (AvgIpc) is 2.26. The lowest BCUT2D eigenvalue weighted by molar-refractivity contribution is 0.349. The summed E-state index contributed by atoms with van der Waals surface area (Å²) in [6, 6.07) is 0.219. The van der Waals surface area contributed by atoms with Gasteiger partial charge >= 0.3 is 6.01 Å². The lowest BCUT2D eigenvalue weighted by Crippen LogP contribution is -1.97. The fourth-order valence-electron chi connectivity index (χ4n) is 0.825. The van der Waals surface area contributed by atoms with Crippen LogP contribution in [0, 0.1) is 11.8 Å². The number of aliphatic hydroxyl groups excluding tert-OH is 1. The number of methoxy groups -OCH3 is 2. The van der Waals surface area contributed by atoms with Crippen LogP contribution in [0.5, 0.6) is 11.9 Å². The second-order valence-electron chi connectivity index (χ2n) is 2.24. The molecule has 0 aromatic carbocycles. The van der Waals surface area contributed by atoms with Crippen molar-refractivity contribution in [1.82, 2.24) is 9.97 Å². The van der Waals surface area contributed by atoms with E-state index in [2.05, 4.69) is 21.8 Å². The van der Waals surface area contributed by atoms with Crippen molar-refractivity contribution in [3.63, 3.8) is 0 Å². The van der Waals surface area contributed by atoms with Gasteiger partial charge in [-0.15, -0.1) is 0 Å². The molecule has 0 aliphatic heterocycles. The summed E-state index contributed by atoms with van der Waals surface area (Å²) in [4.78, 5) is 7.78. The Hall–Kier alpha value is -1.80. The van der Waals surface area contributed by atoms with Gasteiger partial charge in [-0.3, -0.25) is 0 Å². The van der Waals surface area contributed by atoms with Crippen LogP contribution in [0.4, 0.5) is 0 Å². The van der Waals surface area contributed by atoms with Crippen LogP contribution in [-0.4, -0.2) is 35.9 Å². The van der Waals surface area contributed by atoms with E-state index < -0.39 is 0 Å². The molecule has 5 nitrogen and oxygen atoms in total. The van der Waals surface area contributed by atoms with Crippen LogP contribution in [0.1, 0.15) is 5.56 Å². The van der Waals surface area contributed by atoms with Gasteiger partial charge in [0.2, 0.25) is 5.88 Å². The second kappa shape index (κ2) is 5.04. The zero-order chi connectivity index (χ0) is 10.4. The first-order chi connectivity index (χ1) is 6.81. The Kier molecular flexibility index (Phi) is 3.70. The number of aliphatic hydroxyl groups is 1. The molecule has 5 heteroatoms. The predicted octanol–water partition coefficient (Wildman–Crippen LogP) is -0.162. The molecule has 0 saturated carbocycles. The molecule has 1 heterocycles. The predicted molar refractivity (Wildman–Crippen MR) is 49.1 cm³/mol. The SMILES string of the molecule is COc1ncc(C#CCO)c(OC)n1. The fraction of sp³-hybridized carbons (Fsp3) is 0.333. The minimum atomic E-state index is -0.213. The molecule has 0 unspecified atom stereocenters. The first-order valence-corrected chi connectivity index (χ1v) is 3.86. The van der Waals surface area contributed by atoms with Crippen molar-refractivity contribution in [1.29, 1.82) is 0 Å². The molecule has 0 fully saturated rings. The monoisotopic (exact) mass is 194 g/mol. The third-order valence-corrected chi connectivity index (χ3v) is 1.41. The van der Waals surface area contributed by atoms with E-state index in [-0.39, 0.29) is 12.6 Å². The van der Waals surface area contributed by atoms with Crippen molar-refractivity contribution in [2.75, 3.05) is 20.8 Å². The summed E-state index contributed by atoms with van der Waals surface area (Å²) in [5.74, 6) is 5.47. The van der Waals surface area contributed by atoms with Gasteiger partial charge in [0.1, 0.15) is 12.2 Å². The van der Waals surface area contributed by atoms with Crippen LogP contribution in [0.2, 0.25) is 0 Å². The van der Waals surface area contributed by atoms with Crippen LogP contribution >= 0.6 is 0 Å². The standard InChI is InChI=1S/C9H10N2O3/c1-13-8-7(4-3-5-12)6-10-9(11-8)14-2/h6,12H,5H2,1-2H3. The molecule has 0 saturated heterocycles. The fourth-order valence-corrected chi connectivity index (χ4v) is 0.825. The molecule has 14 heavy (non-hydrogen) atoms. The second-order valence-corrected chi connectivity index (χ2v) is 2.24. The van der Waals surface area contributed by atoms with Gasteiger partial charge in [0.25, 0.3) is 0 Å². The summed E-state index contributed by atoms with van der Waals surface area (Å²) in [7, 11) is 2.94. The summed E-state index contributed by atoms with van der Waals surface area (Å²) in [6.07, 6.45) is 1.48. The normalized spacial score (nSPS) is 8.79. The molecule has 0 radical (unpaired) electrons. The highest BCUT2D eigenvalue weighted by Crippen LogP contribution is 2.15. The molecular formula is C9H10N2O3. The molecule has 1 N–H and O–H groups in total. The van der Waals surface area contributed by atoms with Crippen molar-refractivity contribution in [2.45, 2.75) is 0 Å². The van der Waals surface area contributed by atoms with E-state index in [0.717, 1.165) is 0 Å². The highest BCUT2D eigenvalue weighted by atomic mass is 16.5. The molecule has 0 amide bonds. The number of hydrogen-bond acceptors (Lipinski definition) is 5. The maximum Gasteiger partial charge on any atom is 0.319 e. The molecule has 0 atom stereocenters. The summed E-state index contributed by atoms with van der Waals surface area (Å²) < 4.78 is 9.79. The Morgan fingerprint density at radius 2 is 2.21 bits per heavy atom. The quantitative estimate of drug-likeness (QED) is 0.662. The molecule has 0 bridgehead atoms. The van der Waals surface area contributed by atoms with Gasteiger partial charge in [0, 0.05) is 0 Å². The summed E-state index contributed by atoms with van der Waals surface area (Å²) >= 11 is 0. The zero-order valence-corrected chi connectivity index (χ0v) is 7.94. The minimum absolute atomic E-state index is 0.213. The Balaban J connectivity index is 3.05. The number of hydrogen-bond donors (Lipinski definition) is 1. The minimum Gasteiger partial charge on any atom is -0.480 e. The highest BCUT2D eigenvalue weighted by molar-refractivity contribution is 5.40. The van der Waals surface area contributed by atoms with E-state index in [1.807, 2.05) is 0 Å². The first kappa shape index (κ1) is 10.3. The van der Waals surface area contributed by atoms with Gasteiger partial charge in [0.05, 0.1) is 20.4 Å². The Bertz CT molecular complexity index is 368. The third-order valence-electron chi connectivity index (χ3n) is 1.41. The molecule has 0 aliphatic carbocycles. The third kappa shape index (κ3) is 2.34. The smallest absolute Gasteiger partial charge is 0.319 e. The molecular weight excluding hydrogens is 184 g/mol. The van der Waals surface area contributed by atoms with Crippen LogP contribution in [0.15, 0.2) is 6.20 Å². The van der Waals surface area contributed by atoms with E-state index in [0.29, 0.717) is 11.4 Å². The van der Waals surface area contributed by atoms with E-state index in [4.69, 9.17) is 14.6 Å². The maximum absolute atomic E-state index is 8.51. The number of aromatic nitrogens is 2. The highest BCUT2D eigenvalue weighted by Gasteiger charge is 2.04. The molecule has 74 valence electrons. The van der Waals surface area contributed by atoms with Gasteiger partial charge in [-0.1, -0.05) is 11.8 Å². The van der Waals surface area contributed by atoms with Gasteiger partial charge in [-0.25, -0.2) is 4.98 Å². The summed E-state index contributed by atoms with van der Waals surface area (Å²) in [5, 5.41) is 8.51. The Morgan fingerprint density at radius 1 is 1.43 bits per heavy atom. The molecule has 0 spiro atoms. The van der Waals surface area contributed by atoms with Gasteiger partial charge < -0.3 is 14.6 Å². The molecule has 1 rings (SSSR count). The van der Waals surface area contributed by atoms with Gasteiger partial charge in [0.15, 0.2) is 0 Å². The largest absolute Gasteiger partial charge is 0.480 e. The van der Waals surface area contributed by atoms with Crippen molar-refractivity contribution in [2.24, 2.45) is 0 Å². The lowest BCUT2D eigenvalue weighted by Gasteiger charge is -2.02. The van der Waals surface area contributed by atoms with Crippen molar-refractivity contribution >= 4 is 0 Å². The van der Waals surface area contributed by atoms with Crippen LogP contribution in [0.3, 0.4) is 0 Å². The van der Waals surface area contributed by atoms with Crippen molar-refractivity contribution in [3.8, 4) is 23.7 Å². The van der Waals surface area contributed by atoms with Gasteiger partial charge in [-0.05, 0) is 0 Å². The van der Waals surface area contributed by atoms with Crippen LogP contribution < -0.4 is 9.47 Å². The number of rotatable bonds is 2. The van der Waals surface area contributed by atoms with E-state index in [1.54, 1.807) is 0 Å². The van der Waals surface area contributed by atoms with Crippen LogP contribution in [-0.2, 0) is 0 Å². The first-order valence-electron chi connectivity index (χ1n) is 3.86. The Labute approximate surface area is 81.7 Å². The number of ether oxygens (including phenoxy) is 2. The maximum atomic E-state index is 8.51. The Morgan fingerprint density at radius 3 is 2.79 bits per heavy atom. The number of nitrogens with zero attached hydrogens (tertiary/aromatic N) is 2. The van der Waals surface area contributed by atoms with E-state index in [9.17, 15) is 0 Å². The van der Waals surface area contributed by atoms with Crippen LogP contribution in [0.25, 0.3) is 0 Å². The molecule has 1 aromatic heterocycles. The van der Waals surface area contributed by atoms with E-state index in [1.165, 1.54) is 20.4 Å². The lowest BCUT2D eigenvalue weighted by atomic mass is 10.3. The molecule has 0 aliphatic rings. The zero-order valence-electron chi connectivity index (χ0n) is 7.94. The van der Waals surface area contributed by atoms with Crippen molar-refractivity contribution in [3.05, 3.63) is 11.8 Å². The summed E-state index contributed by atoms with van der Waals surface area (Å²) in [5.41, 5.74) is 0.516. The van der Waals surface area contributed by atoms with Crippen molar-refractivity contribution < 1.29 is 14.6 Å². The average molecular weight is 194 g/mol. The van der Waals surface area contributed by atoms with Gasteiger partial charge in [-0.2, -0.15) is 4.98 Å².